The van der Waals surface area contributed by atoms with Gasteiger partial charge in [0.05, 0.1) is 18.4 Å². The largest absolute Gasteiger partial charge is 0.368 e. The van der Waals surface area contributed by atoms with Gasteiger partial charge in [0.15, 0.2) is 0 Å². The van der Waals surface area contributed by atoms with Crippen molar-refractivity contribution in [2.45, 2.75) is 95.3 Å². The number of amides is 6. The molecule has 6 amide bonds. The van der Waals surface area contributed by atoms with Crippen molar-refractivity contribution < 1.29 is 28.8 Å². The standard InChI is InChI=1S/C37H49N9O6S/c1-23(2)17-28(34(38)49)41-36(51)30-22-53-21-26-19-40-44-46(26)16-6-5-14-32(47)39-20-33(48)45-15-8-13-31(45)37(52)42-29(35(50)43-30)18-25-11-7-10-24-9-3-4-12-27(24)25/h3-4,7,9-12,19,23,28-31H,5-6,8,13-18,20-22H2,1-2H3,(H2,38,49)(H,39,47)(H,41,51)(H,42,52)(H,43,50)/t28-,29-,30+,31-/m0/s1. The number of nitrogens with zero attached hydrogens (tertiary/aromatic N) is 4. The fourth-order valence-corrected chi connectivity index (χ4v) is 7.74. The lowest BCUT2D eigenvalue weighted by atomic mass is 9.97. The quantitative estimate of drug-likeness (QED) is 0.235. The highest BCUT2D eigenvalue weighted by molar-refractivity contribution is 7.98. The molecule has 2 aliphatic heterocycles. The summed E-state index contributed by atoms with van der Waals surface area (Å²) in [6.45, 7) is 4.42. The van der Waals surface area contributed by atoms with Crippen LogP contribution in [0.4, 0.5) is 0 Å². The minimum Gasteiger partial charge on any atom is -0.368 e. The summed E-state index contributed by atoms with van der Waals surface area (Å²) in [7, 11) is 0. The molecule has 2 aliphatic rings. The Labute approximate surface area is 312 Å². The van der Waals surface area contributed by atoms with Gasteiger partial charge in [0, 0.05) is 37.4 Å². The van der Waals surface area contributed by atoms with E-state index in [2.05, 4.69) is 31.6 Å². The summed E-state index contributed by atoms with van der Waals surface area (Å²) in [5, 5.41) is 21.3. The number of carbonyl (C=O) groups is 6. The van der Waals surface area contributed by atoms with Gasteiger partial charge in [-0.05, 0) is 54.4 Å². The topological polar surface area (TPSA) is 211 Å². The lowest BCUT2D eigenvalue weighted by Crippen LogP contribution is -2.59. The van der Waals surface area contributed by atoms with Gasteiger partial charge in [-0.2, -0.15) is 11.8 Å². The molecule has 0 aliphatic carbocycles. The van der Waals surface area contributed by atoms with Crippen molar-refractivity contribution in [3.05, 3.63) is 59.9 Å². The average Bonchev–Trinajstić information content (AvgIpc) is 3.81. The van der Waals surface area contributed by atoms with Gasteiger partial charge in [0.1, 0.15) is 24.2 Å². The van der Waals surface area contributed by atoms with E-state index in [1.807, 2.05) is 56.3 Å². The highest BCUT2D eigenvalue weighted by Gasteiger charge is 2.37. The van der Waals surface area contributed by atoms with Gasteiger partial charge in [0.2, 0.25) is 35.4 Å². The number of fused-ring (bicyclic) bond motifs is 3. The zero-order valence-electron chi connectivity index (χ0n) is 30.2. The minimum atomic E-state index is -1.13. The summed E-state index contributed by atoms with van der Waals surface area (Å²) >= 11 is 1.37. The molecule has 1 fully saturated rings. The van der Waals surface area contributed by atoms with Gasteiger partial charge < -0.3 is 31.9 Å². The van der Waals surface area contributed by atoms with E-state index < -0.39 is 47.8 Å². The fraction of sp³-hybridized carbons (Fsp3) is 0.514. The molecule has 284 valence electrons. The second kappa shape index (κ2) is 18.7. The fourth-order valence-electron chi connectivity index (χ4n) is 6.72. The molecule has 3 heterocycles. The number of hydrogen-bond donors (Lipinski definition) is 5. The van der Waals surface area contributed by atoms with Crippen LogP contribution in [-0.4, -0.2) is 98.3 Å². The number of primary amides is 1. The summed E-state index contributed by atoms with van der Waals surface area (Å²) in [5.74, 6) is -2.43. The summed E-state index contributed by atoms with van der Waals surface area (Å²) in [6, 6.07) is 9.41. The highest BCUT2D eigenvalue weighted by Crippen LogP contribution is 2.22. The van der Waals surface area contributed by atoms with E-state index in [4.69, 9.17) is 5.73 Å². The van der Waals surface area contributed by atoms with Crippen LogP contribution < -0.4 is 27.0 Å². The number of benzene rings is 2. The Balaban J connectivity index is 1.46. The van der Waals surface area contributed by atoms with Crippen molar-refractivity contribution >= 4 is 58.0 Å². The first-order valence-corrected chi connectivity index (χ1v) is 19.3. The van der Waals surface area contributed by atoms with E-state index >= 15 is 0 Å². The van der Waals surface area contributed by atoms with E-state index in [1.54, 1.807) is 10.9 Å². The average molecular weight is 748 g/mol. The summed E-state index contributed by atoms with van der Waals surface area (Å²) < 4.78 is 1.74. The first-order chi connectivity index (χ1) is 25.5. The van der Waals surface area contributed by atoms with Crippen LogP contribution in [0.5, 0.6) is 0 Å². The molecule has 53 heavy (non-hydrogen) atoms. The third-order valence-electron chi connectivity index (χ3n) is 9.51. The van der Waals surface area contributed by atoms with Gasteiger partial charge in [-0.25, -0.2) is 4.68 Å². The Morgan fingerprint density at radius 1 is 1.00 bits per heavy atom. The van der Waals surface area contributed by atoms with Gasteiger partial charge in [-0.15, -0.1) is 5.10 Å². The Hall–Kier alpha value is -4.99. The number of nitrogens with one attached hydrogen (secondary N) is 4. The molecule has 2 aromatic carbocycles. The van der Waals surface area contributed by atoms with Crippen molar-refractivity contribution in [1.29, 1.82) is 0 Å². The van der Waals surface area contributed by atoms with Gasteiger partial charge in [-0.3, -0.25) is 28.8 Å². The summed E-state index contributed by atoms with van der Waals surface area (Å²) in [4.78, 5) is 81.7. The Morgan fingerprint density at radius 2 is 1.79 bits per heavy atom. The van der Waals surface area contributed by atoms with Crippen LogP contribution in [0.15, 0.2) is 48.7 Å². The van der Waals surface area contributed by atoms with E-state index in [0.29, 0.717) is 50.9 Å². The molecule has 1 aromatic heterocycles. The van der Waals surface area contributed by atoms with Crippen LogP contribution in [0.25, 0.3) is 10.8 Å². The number of rotatable bonds is 7. The maximum absolute atomic E-state index is 14.3. The molecule has 0 bridgehead atoms. The molecule has 16 heteroatoms. The molecular weight excluding hydrogens is 699 g/mol. The Kier molecular flexibility index (Phi) is 13.8. The van der Waals surface area contributed by atoms with Crippen molar-refractivity contribution in [1.82, 2.24) is 41.2 Å². The Morgan fingerprint density at radius 3 is 2.58 bits per heavy atom. The zero-order valence-corrected chi connectivity index (χ0v) is 31.0. The van der Waals surface area contributed by atoms with Gasteiger partial charge >= 0.3 is 0 Å². The van der Waals surface area contributed by atoms with Crippen LogP contribution >= 0.6 is 11.8 Å². The monoisotopic (exact) mass is 747 g/mol. The van der Waals surface area contributed by atoms with Crippen LogP contribution in [0.2, 0.25) is 0 Å². The van der Waals surface area contributed by atoms with Crippen molar-refractivity contribution in [2.24, 2.45) is 11.7 Å². The third kappa shape index (κ3) is 10.8. The molecule has 15 nitrogen and oxygen atoms in total. The number of nitrogens with two attached hydrogens (primary N) is 1. The molecule has 0 spiro atoms. The van der Waals surface area contributed by atoms with Crippen molar-refractivity contribution in [2.75, 3.05) is 18.8 Å². The molecule has 0 unspecified atom stereocenters. The predicted molar refractivity (Wildman–Crippen MR) is 200 cm³/mol. The SMILES string of the molecule is CC(C)C[C@H](NC(=O)[C@H]1CSCc2cnnn2CCCCC(=O)NCC(=O)N2CCC[C@H]2C(=O)N[C@@H](Cc2cccc3ccccc23)C(=O)N1)C(N)=O. The van der Waals surface area contributed by atoms with Crippen LogP contribution in [0.1, 0.15) is 63.6 Å². The molecule has 3 aromatic rings. The number of carbonyl (C=O) groups excluding carboxylic acids is 6. The van der Waals surface area contributed by atoms with Crippen LogP contribution in [0, 0.1) is 5.92 Å². The molecule has 1 saturated heterocycles. The number of aromatic nitrogens is 3. The lowest BCUT2D eigenvalue weighted by molar-refractivity contribution is -0.140. The maximum atomic E-state index is 14.3. The van der Waals surface area contributed by atoms with Gasteiger partial charge in [-0.1, -0.05) is 61.5 Å². The predicted octanol–water partition coefficient (Wildman–Crippen LogP) is 1.18. The first-order valence-electron chi connectivity index (χ1n) is 18.2. The van der Waals surface area contributed by atoms with Crippen molar-refractivity contribution in [3.8, 4) is 0 Å². The van der Waals surface area contributed by atoms with E-state index in [-0.39, 0.29) is 42.9 Å². The normalized spacial score (nSPS) is 21.8. The lowest BCUT2D eigenvalue weighted by Gasteiger charge is -2.28. The smallest absolute Gasteiger partial charge is 0.244 e. The van der Waals surface area contributed by atoms with Crippen LogP contribution in [0.3, 0.4) is 0 Å². The molecule has 0 radical (unpaired) electrons. The maximum Gasteiger partial charge on any atom is 0.244 e. The molecular formula is C37H49N9O6S. The number of aryl methyl sites for hydroxylation is 1. The number of thioether (sulfide) groups is 1. The highest BCUT2D eigenvalue weighted by atomic mass is 32.2. The van der Waals surface area contributed by atoms with Gasteiger partial charge in [0.25, 0.3) is 0 Å². The second-order valence-corrected chi connectivity index (χ2v) is 15.0. The molecule has 5 rings (SSSR count). The second-order valence-electron chi connectivity index (χ2n) is 14.0. The van der Waals surface area contributed by atoms with Crippen LogP contribution in [-0.2, 0) is 47.5 Å². The molecule has 6 N–H and O–H groups in total. The third-order valence-corrected chi connectivity index (χ3v) is 10.6. The Bertz CT molecular complexity index is 1790. The summed E-state index contributed by atoms with van der Waals surface area (Å²) in [6.07, 6.45) is 4.44. The molecule has 0 saturated carbocycles. The summed E-state index contributed by atoms with van der Waals surface area (Å²) in [5.41, 5.74) is 7.25. The van der Waals surface area contributed by atoms with E-state index in [9.17, 15) is 28.8 Å². The zero-order chi connectivity index (χ0) is 37.9. The number of hydrogen-bond acceptors (Lipinski definition) is 9. The molecule has 4 atom stereocenters. The van der Waals surface area contributed by atoms with E-state index in [1.165, 1.54) is 16.7 Å². The minimum absolute atomic E-state index is 0.0591. The van der Waals surface area contributed by atoms with Crippen molar-refractivity contribution in [3.63, 3.8) is 0 Å². The van der Waals surface area contributed by atoms with E-state index in [0.717, 1.165) is 22.0 Å². The first kappa shape index (κ1) is 39.2.